The molecule has 2 aromatic rings. The van der Waals surface area contributed by atoms with Gasteiger partial charge < -0.3 is 9.84 Å². The van der Waals surface area contributed by atoms with Crippen molar-refractivity contribution in [3.63, 3.8) is 0 Å². The van der Waals surface area contributed by atoms with E-state index in [9.17, 15) is 5.11 Å². The second-order valence-corrected chi connectivity index (χ2v) is 5.66. The lowest BCUT2D eigenvalue weighted by Crippen LogP contribution is -2.02. The molecule has 0 amide bonds. The van der Waals surface area contributed by atoms with Crippen molar-refractivity contribution in [2.75, 3.05) is 7.11 Å². The molecule has 1 saturated carbocycles. The minimum Gasteiger partial charge on any atom is -0.508 e. The average molecular weight is 317 g/mol. The van der Waals surface area contributed by atoms with Crippen LogP contribution in [-0.2, 0) is 0 Å². The van der Waals surface area contributed by atoms with E-state index in [4.69, 9.17) is 4.74 Å². The molecule has 3 rings (SSSR count). The van der Waals surface area contributed by atoms with Crippen molar-refractivity contribution in [3.05, 3.63) is 91.3 Å². The van der Waals surface area contributed by atoms with E-state index < -0.39 is 0 Å². The van der Waals surface area contributed by atoms with Gasteiger partial charge in [-0.15, -0.1) is 0 Å². The number of phenols is 1. The Morgan fingerprint density at radius 1 is 0.958 bits per heavy atom. The van der Waals surface area contributed by atoms with Gasteiger partial charge in [0.2, 0.25) is 0 Å². The standard InChI is InChI=1S/C22H21O2/c1-3-21(16-11-13-19(23)14-12-16)22(17-7-4-5-8-17)18-9-6-10-20(15-18)24-2/h4-15,23H,3H2,1-2H3/b22-21+. The summed E-state index contributed by atoms with van der Waals surface area (Å²) in [5, 5.41) is 9.59. The smallest absolute Gasteiger partial charge is 0.119 e. The van der Waals surface area contributed by atoms with E-state index in [0.29, 0.717) is 0 Å². The van der Waals surface area contributed by atoms with Crippen LogP contribution in [0.5, 0.6) is 11.5 Å². The molecule has 2 aromatic carbocycles. The van der Waals surface area contributed by atoms with Gasteiger partial charge in [0.15, 0.2) is 0 Å². The van der Waals surface area contributed by atoms with Gasteiger partial charge in [0.25, 0.3) is 0 Å². The number of hydrogen-bond acceptors (Lipinski definition) is 2. The molecule has 0 bridgehead atoms. The summed E-state index contributed by atoms with van der Waals surface area (Å²) < 4.78 is 5.40. The topological polar surface area (TPSA) is 29.5 Å². The van der Waals surface area contributed by atoms with Crippen LogP contribution in [0, 0.1) is 31.6 Å². The molecule has 0 saturated heterocycles. The van der Waals surface area contributed by atoms with Crippen LogP contribution in [0.1, 0.15) is 24.5 Å². The molecule has 0 aliphatic heterocycles. The van der Waals surface area contributed by atoms with E-state index in [0.717, 1.165) is 23.3 Å². The van der Waals surface area contributed by atoms with Gasteiger partial charge in [-0.1, -0.05) is 31.2 Å². The Balaban J connectivity index is 2.15. The van der Waals surface area contributed by atoms with E-state index in [-0.39, 0.29) is 5.75 Å². The highest BCUT2D eigenvalue weighted by molar-refractivity contribution is 5.99. The van der Waals surface area contributed by atoms with Gasteiger partial charge >= 0.3 is 0 Å². The molecule has 2 nitrogen and oxygen atoms in total. The number of methoxy groups -OCH3 is 1. The lowest BCUT2D eigenvalue weighted by molar-refractivity contribution is 0.414. The molecular formula is C22H21O2. The fourth-order valence-corrected chi connectivity index (χ4v) is 3.02. The first-order valence-corrected chi connectivity index (χ1v) is 8.12. The highest BCUT2D eigenvalue weighted by Crippen LogP contribution is 2.42. The van der Waals surface area contributed by atoms with Crippen LogP contribution in [0.2, 0.25) is 0 Å². The van der Waals surface area contributed by atoms with Crippen LogP contribution in [0.3, 0.4) is 0 Å². The predicted molar refractivity (Wildman–Crippen MR) is 98.6 cm³/mol. The van der Waals surface area contributed by atoms with Crippen LogP contribution in [-0.4, -0.2) is 12.2 Å². The van der Waals surface area contributed by atoms with Crippen molar-refractivity contribution in [2.24, 2.45) is 0 Å². The first-order valence-electron chi connectivity index (χ1n) is 8.12. The number of aromatic hydroxyl groups is 1. The lowest BCUT2D eigenvalue weighted by Gasteiger charge is -2.21. The van der Waals surface area contributed by atoms with E-state index in [1.807, 2.05) is 24.3 Å². The molecular weight excluding hydrogens is 296 g/mol. The second kappa shape index (κ2) is 7.57. The average Bonchev–Trinajstić information content (AvgIpc) is 3.14. The Labute approximate surface area is 144 Å². The third kappa shape index (κ3) is 3.48. The molecule has 0 aromatic heterocycles. The molecule has 1 N–H and O–H groups in total. The Bertz CT molecular complexity index is 707. The van der Waals surface area contributed by atoms with E-state index in [1.54, 1.807) is 19.2 Å². The molecule has 0 atom stereocenters. The normalized spacial score (nSPS) is 16.1. The van der Waals surface area contributed by atoms with Crippen molar-refractivity contribution in [1.82, 2.24) is 0 Å². The number of hydrogen-bond donors (Lipinski definition) is 1. The summed E-state index contributed by atoms with van der Waals surface area (Å²) in [6, 6.07) is 15.6. The van der Waals surface area contributed by atoms with E-state index >= 15 is 0 Å². The highest BCUT2D eigenvalue weighted by atomic mass is 16.5. The molecule has 24 heavy (non-hydrogen) atoms. The largest absolute Gasteiger partial charge is 0.508 e. The Kier molecular flexibility index (Phi) is 5.24. The number of benzene rings is 2. The van der Waals surface area contributed by atoms with Crippen LogP contribution >= 0.6 is 0 Å². The summed E-state index contributed by atoms with van der Waals surface area (Å²) in [6.07, 6.45) is 9.26. The van der Waals surface area contributed by atoms with Gasteiger partial charge in [-0.3, -0.25) is 0 Å². The summed E-state index contributed by atoms with van der Waals surface area (Å²) in [5.74, 6) is 2.32. The molecule has 1 aliphatic carbocycles. The Morgan fingerprint density at radius 2 is 1.67 bits per heavy atom. The van der Waals surface area contributed by atoms with Gasteiger partial charge in [0, 0.05) is 5.92 Å². The predicted octanol–water partition coefficient (Wildman–Crippen LogP) is 5.13. The van der Waals surface area contributed by atoms with Crippen molar-refractivity contribution < 1.29 is 9.84 Å². The van der Waals surface area contributed by atoms with Crippen LogP contribution in [0.15, 0.2) is 48.5 Å². The Morgan fingerprint density at radius 3 is 2.29 bits per heavy atom. The van der Waals surface area contributed by atoms with Crippen molar-refractivity contribution in [1.29, 1.82) is 0 Å². The molecule has 0 spiro atoms. The fourth-order valence-electron chi connectivity index (χ4n) is 3.02. The maximum absolute atomic E-state index is 9.59. The minimum absolute atomic E-state index is 0.283. The summed E-state index contributed by atoms with van der Waals surface area (Å²) >= 11 is 0. The maximum Gasteiger partial charge on any atom is 0.119 e. The van der Waals surface area contributed by atoms with E-state index in [1.165, 1.54) is 17.1 Å². The monoisotopic (exact) mass is 317 g/mol. The molecule has 121 valence electrons. The van der Waals surface area contributed by atoms with Crippen LogP contribution < -0.4 is 4.74 Å². The van der Waals surface area contributed by atoms with Crippen LogP contribution in [0.4, 0.5) is 0 Å². The van der Waals surface area contributed by atoms with Crippen molar-refractivity contribution >= 4 is 11.1 Å². The quantitative estimate of drug-likeness (QED) is 0.775. The summed E-state index contributed by atoms with van der Waals surface area (Å²) in [5.41, 5.74) is 4.70. The van der Waals surface area contributed by atoms with Gasteiger partial charge in [-0.2, -0.15) is 0 Å². The van der Waals surface area contributed by atoms with Crippen molar-refractivity contribution in [3.8, 4) is 11.5 Å². The molecule has 1 aliphatic rings. The summed E-state index contributed by atoms with van der Waals surface area (Å²) in [6.45, 7) is 2.16. The lowest BCUT2D eigenvalue weighted by atomic mass is 9.83. The summed E-state index contributed by atoms with van der Waals surface area (Å²) in [4.78, 5) is 0. The molecule has 2 heteroatoms. The first kappa shape index (κ1) is 16.6. The number of allylic oxidation sites excluding steroid dienone is 2. The second-order valence-electron chi connectivity index (χ2n) is 5.66. The zero-order valence-electron chi connectivity index (χ0n) is 14.0. The van der Waals surface area contributed by atoms with Gasteiger partial charge in [-0.25, -0.2) is 0 Å². The van der Waals surface area contributed by atoms with Gasteiger partial charge in [0.05, 0.1) is 7.11 Å². The van der Waals surface area contributed by atoms with Crippen molar-refractivity contribution in [2.45, 2.75) is 13.3 Å². The first-order chi connectivity index (χ1) is 11.7. The molecule has 1 fully saturated rings. The van der Waals surface area contributed by atoms with Gasteiger partial charge in [0.1, 0.15) is 11.5 Å². The number of ether oxygens (including phenoxy) is 1. The Hall–Kier alpha value is -2.22. The molecule has 0 unspecified atom stereocenters. The zero-order chi connectivity index (χ0) is 16.9. The fraction of sp³-hybridized carbons (Fsp3) is 0.136. The third-order valence-electron chi connectivity index (χ3n) is 4.18. The molecule has 5 radical (unpaired) electrons. The number of rotatable bonds is 5. The molecule has 0 heterocycles. The summed E-state index contributed by atoms with van der Waals surface area (Å²) in [7, 11) is 1.69. The number of phenolic OH excluding ortho intramolecular Hbond substituents is 1. The van der Waals surface area contributed by atoms with Crippen LogP contribution in [0.25, 0.3) is 11.1 Å². The SMILES string of the molecule is CC/C(=C(/[C]1[CH][CH][CH][CH]1)c1cccc(OC)c1)c1ccc(O)cc1. The maximum atomic E-state index is 9.59. The highest BCUT2D eigenvalue weighted by Gasteiger charge is 2.25. The van der Waals surface area contributed by atoms with Gasteiger partial charge in [-0.05, 0) is 78.6 Å². The van der Waals surface area contributed by atoms with E-state index in [2.05, 4.69) is 44.7 Å². The third-order valence-corrected chi connectivity index (χ3v) is 4.18. The minimum atomic E-state index is 0.283. The zero-order valence-corrected chi connectivity index (χ0v) is 14.0.